The SMILES string of the molecule is CC(C)N1CCC(NS(=O)(=O)c2ccc(/C(=N\O[C@@H]3CCOC3)C(=O)Nc3ncc(F)s3)cc2)CC1. The number of benzene rings is 1. The van der Waals surface area contributed by atoms with Gasteiger partial charge in [-0.05, 0) is 51.9 Å². The lowest BCUT2D eigenvalue weighted by molar-refractivity contribution is -0.110. The number of aromatic nitrogens is 1. The molecular formula is C23H30FN5O5S2. The van der Waals surface area contributed by atoms with E-state index < -0.39 is 21.1 Å². The maximum absolute atomic E-state index is 13.3. The summed E-state index contributed by atoms with van der Waals surface area (Å²) in [6.45, 7) is 6.84. The standard InChI is InChI=1S/C23H30FN5O5S2/c1-15(2)29-10-7-17(8-11-29)28-36(31,32)19-5-3-16(4-6-19)21(27-34-18-9-12-33-14-18)22(30)26-23-25-13-20(24)35-23/h3-6,13,15,17-18,28H,7-12,14H2,1-2H3,(H,25,26,30)/b27-21+/t18-/m1/s1. The summed E-state index contributed by atoms with van der Waals surface area (Å²) in [5.74, 6) is -0.658. The van der Waals surface area contributed by atoms with Gasteiger partial charge in [-0.2, -0.15) is 4.39 Å². The molecule has 196 valence electrons. The number of hydrogen-bond donors (Lipinski definition) is 2. The van der Waals surface area contributed by atoms with Crippen molar-refractivity contribution in [2.24, 2.45) is 5.16 Å². The smallest absolute Gasteiger partial charge is 0.280 e. The van der Waals surface area contributed by atoms with Crippen LogP contribution in [-0.2, 0) is 24.4 Å². The first-order valence-electron chi connectivity index (χ1n) is 11.8. The lowest BCUT2D eigenvalue weighted by atomic mass is 10.1. The largest absolute Gasteiger partial charge is 0.389 e. The number of sulfonamides is 1. The van der Waals surface area contributed by atoms with E-state index in [0.29, 0.717) is 42.6 Å². The Hall–Kier alpha value is -2.45. The third-order valence-corrected chi connectivity index (χ3v) is 8.35. The zero-order chi connectivity index (χ0) is 25.7. The van der Waals surface area contributed by atoms with Gasteiger partial charge in [0.2, 0.25) is 10.0 Å². The van der Waals surface area contributed by atoms with Crippen molar-refractivity contribution in [3.8, 4) is 0 Å². The van der Waals surface area contributed by atoms with Gasteiger partial charge in [-0.25, -0.2) is 18.1 Å². The number of amides is 1. The molecule has 0 aliphatic carbocycles. The summed E-state index contributed by atoms with van der Waals surface area (Å²) in [6.07, 6.45) is 2.83. The zero-order valence-corrected chi connectivity index (χ0v) is 21.8. The van der Waals surface area contributed by atoms with Crippen molar-refractivity contribution in [1.82, 2.24) is 14.6 Å². The highest BCUT2D eigenvalue weighted by atomic mass is 32.2. The second-order valence-corrected chi connectivity index (χ2v) is 11.7. The van der Waals surface area contributed by atoms with Gasteiger partial charge in [0.15, 0.2) is 22.1 Å². The maximum Gasteiger partial charge on any atom is 0.280 e. The molecule has 2 N–H and O–H groups in total. The number of nitrogens with one attached hydrogen (secondary N) is 2. The average molecular weight is 540 g/mol. The zero-order valence-electron chi connectivity index (χ0n) is 20.1. The lowest BCUT2D eigenvalue weighted by Gasteiger charge is -2.34. The highest BCUT2D eigenvalue weighted by Gasteiger charge is 2.26. The predicted molar refractivity (Wildman–Crippen MR) is 134 cm³/mol. The van der Waals surface area contributed by atoms with Crippen molar-refractivity contribution in [2.45, 2.75) is 56.2 Å². The fourth-order valence-electron chi connectivity index (χ4n) is 4.03. The number of thiazole rings is 1. The lowest BCUT2D eigenvalue weighted by Crippen LogP contribution is -2.46. The van der Waals surface area contributed by atoms with Gasteiger partial charge < -0.3 is 14.5 Å². The van der Waals surface area contributed by atoms with Crippen LogP contribution in [0.5, 0.6) is 0 Å². The number of piperidine rings is 1. The monoisotopic (exact) mass is 539 g/mol. The van der Waals surface area contributed by atoms with Gasteiger partial charge in [0.05, 0.1) is 24.3 Å². The highest BCUT2D eigenvalue weighted by molar-refractivity contribution is 7.89. The quantitative estimate of drug-likeness (QED) is 0.371. The minimum absolute atomic E-state index is 0.0707. The first-order chi connectivity index (χ1) is 17.2. The molecule has 1 aromatic carbocycles. The maximum atomic E-state index is 13.3. The van der Waals surface area contributed by atoms with Crippen molar-refractivity contribution in [3.63, 3.8) is 0 Å². The van der Waals surface area contributed by atoms with Crippen LogP contribution in [0, 0.1) is 5.13 Å². The van der Waals surface area contributed by atoms with Gasteiger partial charge in [-0.3, -0.25) is 10.1 Å². The molecule has 2 aliphatic heterocycles. The van der Waals surface area contributed by atoms with Crippen molar-refractivity contribution < 1.29 is 27.2 Å². The van der Waals surface area contributed by atoms with Crippen molar-refractivity contribution in [2.75, 3.05) is 31.6 Å². The number of carbonyl (C=O) groups is 1. The van der Waals surface area contributed by atoms with Gasteiger partial charge >= 0.3 is 0 Å². The Morgan fingerprint density at radius 3 is 2.56 bits per heavy atom. The molecule has 0 spiro atoms. The van der Waals surface area contributed by atoms with E-state index in [1.807, 2.05) is 0 Å². The van der Waals surface area contributed by atoms with E-state index in [1.165, 1.54) is 24.3 Å². The number of carbonyl (C=O) groups excluding carboxylic acids is 1. The molecule has 0 unspecified atom stereocenters. The van der Waals surface area contributed by atoms with Gasteiger partial charge in [0.1, 0.15) is 0 Å². The normalized spacial score (nSPS) is 20.1. The van der Waals surface area contributed by atoms with Crippen LogP contribution in [0.2, 0.25) is 0 Å². The number of likely N-dealkylation sites (tertiary alicyclic amines) is 1. The number of hydrogen-bond acceptors (Lipinski definition) is 9. The molecule has 1 amide bonds. The molecule has 4 rings (SSSR count). The summed E-state index contributed by atoms with van der Waals surface area (Å²) in [5.41, 5.74) is 0.253. The number of halogens is 1. The van der Waals surface area contributed by atoms with Crippen LogP contribution in [0.25, 0.3) is 0 Å². The number of nitrogens with zero attached hydrogens (tertiary/aromatic N) is 3. The van der Waals surface area contributed by atoms with E-state index in [9.17, 15) is 17.6 Å². The second-order valence-electron chi connectivity index (χ2n) is 9.00. The molecule has 1 aromatic heterocycles. The molecular weight excluding hydrogens is 509 g/mol. The Kier molecular flexibility index (Phi) is 8.67. The first-order valence-corrected chi connectivity index (χ1v) is 14.1. The Morgan fingerprint density at radius 2 is 1.97 bits per heavy atom. The van der Waals surface area contributed by atoms with E-state index in [0.717, 1.165) is 32.1 Å². The summed E-state index contributed by atoms with van der Waals surface area (Å²) >= 11 is 0.680. The molecule has 3 heterocycles. The molecule has 36 heavy (non-hydrogen) atoms. The van der Waals surface area contributed by atoms with Crippen LogP contribution >= 0.6 is 11.3 Å². The Bertz CT molecular complexity index is 1170. The highest BCUT2D eigenvalue weighted by Crippen LogP contribution is 2.20. The first kappa shape index (κ1) is 26.6. The number of anilines is 1. The van der Waals surface area contributed by atoms with Gasteiger partial charge in [-0.1, -0.05) is 28.6 Å². The minimum Gasteiger partial charge on any atom is -0.389 e. The topological polar surface area (TPSA) is 122 Å². The third kappa shape index (κ3) is 6.85. The summed E-state index contributed by atoms with van der Waals surface area (Å²) in [5, 5.41) is 6.05. The third-order valence-electron chi connectivity index (χ3n) is 6.11. The Balaban J connectivity index is 1.47. The van der Waals surface area contributed by atoms with Crippen molar-refractivity contribution >= 4 is 38.1 Å². The van der Waals surface area contributed by atoms with Gasteiger partial charge in [-0.15, -0.1) is 0 Å². The molecule has 2 saturated heterocycles. The molecule has 0 radical (unpaired) electrons. The number of rotatable bonds is 9. The minimum atomic E-state index is -3.74. The molecule has 10 nitrogen and oxygen atoms in total. The van der Waals surface area contributed by atoms with E-state index >= 15 is 0 Å². The van der Waals surface area contributed by atoms with Crippen LogP contribution < -0.4 is 10.0 Å². The Morgan fingerprint density at radius 1 is 1.25 bits per heavy atom. The summed E-state index contributed by atoms with van der Waals surface area (Å²) in [7, 11) is -3.74. The summed E-state index contributed by atoms with van der Waals surface area (Å²) in [6, 6.07) is 6.13. The molecule has 2 aromatic rings. The fraction of sp³-hybridized carbons (Fsp3) is 0.522. The van der Waals surface area contributed by atoms with Crippen LogP contribution in [0.3, 0.4) is 0 Å². The number of oxime groups is 1. The van der Waals surface area contributed by atoms with Crippen molar-refractivity contribution in [1.29, 1.82) is 0 Å². The van der Waals surface area contributed by atoms with Gasteiger partial charge in [0, 0.05) is 24.1 Å². The van der Waals surface area contributed by atoms with Gasteiger partial charge in [0.25, 0.3) is 5.91 Å². The van der Waals surface area contributed by atoms with E-state index in [1.54, 1.807) is 0 Å². The molecule has 2 fully saturated rings. The Labute approximate surface area is 213 Å². The van der Waals surface area contributed by atoms with E-state index in [4.69, 9.17) is 9.57 Å². The number of ether oxygens (including phenoxy) is 1. The fourth-order valence-corrected chi connectivity index (χ4v) is 5.87. The van der Waals surface area contributed by atoms with E-state index in [2.05, 4.69) is 38.9 Å². The van der Waals surface area contributed by atoms with Crippen molar-refractivity contribution in [3.05, 3.63) is 41.2 Å². The summed E-state index contributed by atoms with van der Waals surface area (Å²) in [4.78, 5) is 24.6. The van der Waals surface area contributed by atoms with Crippen LogP contribution in [0.4, 0.5) is 9.52 Å². The van der Waals surface area contributed by atoms with Crippen LogP contribution in [0.1, 0.15) is 38.7 Å². The van der Waals surface area contributed by atoms with E-state index in [-0.39, 0.29) is 27.9 Å². The molecule has 0 bridgehead atoms. The van der Waals surface area contributed by atoms with Crippen LogP contribution in [0.15, 0.2) is 40.5 Å². The summed E-state index contributed by atoms with van der Waals surface area (Å²) < 4.78 is 47.3. The second kappa shape index (κ2) is 11.7. The molecule has 1 atom stereocenters. The molecule has 13 heteroatoms. The molecule has 2 aliphatic rings. The predicted octanol–water partition coefficient (Wildman–Crippen LogP) is 2.58. The average Bonchev–Trinajstić information content (AvgIpc) is 3.51. The molecule has 0 saturated carbocycles. The van der Waals surface area contributed by atoms with Crippen LogP contribution in [-0.4, -0.2) is 74.4 Å².